The van der Waals surface area contributed by atoms with E-state index in [2.05, 4.69) is 40.4 Å². The van der Waals surface area contributed by atoms with Crippen molar-refractivity contribution in [3.8, 4) is 0 Å². The molecule has 0 radical (unpaired) electrons. The maximum Gasteiger partial charge on any atom is 0.392 e. The second kappa shape index (κ2) is 10.1. The van der Waals surface area contributed by atoms with Crippen LogP contribution in [0.5, 0.6) is 0 Å². The summed E-state index contributed by atoms with van der Waals surface area (Å²) in [5.41, 5.74) is 6.48. The minimum Gasteiger partial charge on any atom is -0.392 e. The van der Waals surface area contributed by atoms with Gasteiger partial charge in [0.15, 0.2) is 0 Å². The third-order valence-corrected chi connectivity index (χ3v) is 9.51. The Hall–Kier alpha value is -0.980. The van der Waals surface area contributed by atoms with Crippen LogP contribution in [-0.4, -0.2) is 77.9 Å². The van der Waals surface area contributed by atoms with Crippen LogP contribution in [0, 0.1) is 29.6 Å². The number of halogens is 3. The highest BCUT2D eigenvalue weighted by atomic mass is 19.4. The Kier molecular flexibility index (Phi) is 7.37. The predicted octanol–water partition coefficient (Wildman–Crippen LogP) is 1.54. The molecule has 200 valence electrons. The summed E-state index contributed by atoms with van der Waals surface area (Å²) < 4.78 is 41.3. The first-order valence-corrected chi connectivity index (χ1v) is 13.4. The third kappa shape index (κ3) is 5.22. The molecule has 0 spiro atoms. The van der Waals surface area contributed by atoms with Gasteiger partial charge in [0, 0.05) is 18.5 Å². The van der Waals surface area contributed by atoms with Crippen molar-refractivity contribution in [1.82, 2.24) is 31.3 Å². The van der Waals surface area contributed by atoms with Crippen LogP contribution >= 0.6 is 0 Å². The lowest BCUT2D eigenvalue weighted by atomic mass is 9.73. The van der Waals surface area contributed by atoms with Crippen molar-refractivity contribution < 1.29 is 23.1 Å². The van der Waals surface area contributed by atoms with Crippen LogP contribution in [0.3, 0.4) is 0 Å². The van der Waals surface area contributed by atoms with Crippen LogP contribution in [0.2, 0.25) is 0 Å². The molecular formula is C24H41F3N6O2. The van der Waals surface area contributed by atoms with Gasteiger partial charge in [0.25, 0.3) is 0 Å². The van der Waals surface area contributed by atoms with Crippen LogP contribution in [-0.2, 0) is 4.79 Å². The van der Waals surface area contributed by atoms with Crippen molar-refractivity contribution in [3.05, 3.63) is 0 Å². The molecular weight excluding hydrogens is 461 g/mol. The van der Waals surface area contributed by atoms with E-state index in [0.29, 0.717) is 24.7 Å². The minimum atomic E-state index is -4.25. The smallest absolute Gasteiger partial charge is 0.392 e. The van der Waals surface area contributed by atoms with Crippen molar-refractivity contribution in [1.29, 1.82) is 0 Å². The topological polar surface area (TPSA) is 91.9 Å². The second-order valence-corrected chi connectivity index (χ2v) is 11.7. The van der Waals surface area contributed by atoms with Crippen LogP contribution in [0.4, 0.5) is 13.2 Å². The fourth-order valence-corrected chi connectivity index (χ4v) is 7.12. The second-order valence-electron chi connectivity index (χ2n) is 11.7. The Morgan fingerprint density at radius 3 is 2.63 bits per heavy atom. The molecule has 7 unspecified atom stereocenters. The highest BCUT2D eigenvalue weighted by Crippen LogP contribution is 2.48. The van der Waals surface area contributed by atoms with E-state index in [-0.39, 0.29) is 49.5 Å². The van der Waals surface area contributed by atoms with Gasteiger partial charge in [-0.25, -0.2) is 10.9 Å². The number of carbonyl (C=O) groups excluding carboxylic acids is 1. The average Bonchev–Trinajstić information content (AvgIpc) is 3.38. The van der Waals surface area contributed by atoms with Gasteiger partial charge in [0.1, 0.15) is 0 Å². The number of aliphatic hydroxyl groups is 1. The number of nitrogens with zero attached hydrogens (tertiary/aromatic N) is 2. The van der Waals surface area contributed by atoms with Crippen molar-refractivity contribution in [2.24, 2.45) is 29.6 Å². The van der Waals surface area contributed by atoms with Crippen molar-refractivity contribution in [2.75, 3.05) is 20.3 Å². The number of alkyl halides is 3. The molecule has 3 saturated heterocycles. The summed E-state index contributed by atoms with van der Waals surface area (Å²) in [6, 6.07) is 0.0282. The molecule has 11 heteroatoms. The van der Waals surface area contributed by atoms with E-state index >= 15 is 0 Å². The van der Waals surface area contributed by atoms with Crippen LogP contribution in [0.1, 0.15) is 58.3 Å². The zero-order chi connectivity index (χ0) is 24.9. The summed E-state index contributed by atoms with van der Waals surface area (Å²) in [5.74, 6) is -1.99. The lowest BCUT2D eigenvalue weighted by Gasteiger charge is -2.46. The Bertz CT molecular complexity index is 772. The standard InChI is InChI=1S/C24H41F3N6O2/c1-13(8-22-31-28-12-32(22)2)14-9-20(29-18-6-7-19(18)34)30-21(10-14)33-11-16-15(23(33)35)4-3-5-17(16)24(25,26)27/h13-22,28-31,34H,3-12H2,1-2H3/t13-,14?,15?,16?,17?,18-,19+,20?,21?,22?/m1/s1. The number of aliphatic hydroxyl groups excluding tert-OH is 1. The number of hydrogen-bond donors (Lipinski definition) is 5. The number of carbonyl (C=O) groups is 1. The van der Waals surface area contributed by atoms with Crippen LogP contribution in [0.25, 0.3) is 0 Å². The fraction of sp³-hybridized carbons (Fsp3) is 0.958. The van der Waals surface area contributed by atoms with Gasteiger partial charge in [-0.2, -0.15) is 13.2 Å². The molecule has 1 amide bonds. The summed E-state index contributed by atoms with van der Waals surface area (Å²) in [4.78, 5) is 17.3. The molecule has 5 fully saturated rings. The van der Waals surface area contributed by atoms with Gasteiger partial charge in [0.05, 0.1) is 37.2 Å². The van der Waals surface area contributed by atoms with Gasteiger partial charge in [-0.1, -0.05) is 13.3 Å². The monoisotopic (exact) mass is 502 g/mol. The first kappa shape index (κ1) is 25.7. The zero-order valence-electron chi connectivity index (χ0n) is 20.7. The molecule has 35 heavy (non-hydrogen) atoms. The molecule has 3 heterocycles. The molecule has 2 saturated carbocycles. The molecule has 0 aromatic heterocycles. The van der Waals surface area contributed by atoms with Gasteiger partial charge in [-0.05, 0) is 69.7 Å². The lowest BCUT2D eigenvalue weighted by Crippen LogP contribution is -2.64. The fourth-order valence-electron chi connectivity index (χ4n) is 7.12. The summed E-state index contributed by atoms with van der Waals surface area (Å²) >= 11 is 0. The number of piperidine rings is 1. The Morgan fingerprint density at radius 2 is 2.00 bits per heavy atom. The molecule has 2 aliphatic carbocycles. The third-order valence-electron chi connectivity index (χ3n) is 9.51. The minimum absolute atomic E-state index is 0.0282. The molecule has 5 N–H and O–H groups in total. The number of hydrazine groups is 1. The molecule has 0 aromatic rings. The number of rotatable bonds is 6. The Balaban J connectivity index is 1.31. The molecule has 5 aliphatic rings. The summed E-state index contributed by atoms with van der Waals surface area (Å²) in [5, 5.41) is 17.2. The molecule has 0 bridgehead atoms. The first-order valence-electron chi connectivity index (χ1n) is 13.4. The van der Waals surface area contributed by atoms with E-state index in [1.807, 2.05) is 0 Å². The number of hydrogen-bond acceptors (Lipinski definition) is 7. The van der Waals surface area contributed by atoms with E-state index < -0.39 is 23.9 Å². The number of fused-ring (bicyclic) bond motifs is 1. The summed E-state index contributed by atoms with van der Waals surface area (Å²) in [6.45, 7) is 3.20. The van der Waals surface area contributed by atoms with Gasteiger partial charge in [0.2, 0.25) is 5.91 Å². The van der Waals surface area contributed by atoms with E-state index in [1.165, 1.54) is 0 Å². The van der Waals surface area contributed by atoms with Crippen molar-refractivity contribution in [3.63, 3.8) is 0 Å². The van der Waals surface area contributed by atoms with Gasteiger partial charge < -0.3 is 10.0 Å². The number of nitrogens with one attached hydrogen (secondary N) is 4. The summed E-state index contributed by atoms with van der Waals surface area (Å²) in [7, 11) is 2.07. The number of amides is 1. The highest BCUT2D eigenvalue weighted by molar-refractivity contribution is 5.82. The lowest BCUT2D eigenvalue weighted by molar-refractivity contribution is -0.198. The van der Waals surface area contributed by atoms with E-state index in [0.717, 1.165) is 38.8 Å². The highest BCUT2D eigenvalue weighted by Gasteiger charge is 2.56. The molecule has 0 aromatic carbocycles. The maximum absolute atomic E-state index is 13.8. The number of likely N-dealkylation sites (tertiary alicyclic amines) is 1. The average molecular weight is 503 g/mol. The predicted molar refractivity (Wildman–Crippen MR) is 124 cm³/mol. The largest absolute Gasteiger partial charge is 0.392 e. The molecule has 10 atom stereocenters. The van der Waals surface area contributed by atoms with Crippen molar-refractivity contribution >= 4 is 5.91 Å². The first-order chi connectivity index (χ1) is 16.6. The quantitative estimate of drug-likeness (QED) is 0.376. The van der Waals surface area contributed by atoms with Gasteiger partial charge >= 0.3 is 6.18 Å². The van der Waals surface area contributed by atoms with Crippen molar-refractivity contribution in [2.45, 2.75) is 95.1 Å². The Labute approximate surface area is 205 Å². The molecule has 3 aliphatic heterocycles. The SMILES string of the molecule is C[C@H](CC1NNCN1C)C1CC(N[C@@H]2CC[C@@H]2O)NC(N2CC3C(CCCC3C(F)(F)F)C2=O)C1. The van der Waals surface area contributed by atoms with Gasteiger partial charge in [-0.15, -0.1) is 0 Å². The van der Waals surface area contributed by atoms with E-state index in [4.69, 9.17) is 0 Å². The van der Waals surface area contributed by atoms with Crippen LogP contribution in [0.15, 0.2) is 0 Å². The maximum atomic E-state index is 13.8. The normalized spacial score (nSPS) is 43.8. The zero-order valence-corrected chi connectivity index (χ0v) is 20.7. The molecule has 5 rings (SSSR count). The van der Waals surface area contributed by atoms with Gasteiger partial charge in [-0.3, -0.25) is 20.3 Å². The van der Waals surface area contributed by atoms with E-state index in [1.54, 1.807) is 4.90 Å². The summed E-state index contributed by atoms with van der Waals surface area (Å²) in [6.07, 6.45) is 0.620. The van der Waals surface area contributed by atoms with Crippen LogP contribution < -0.4 is 21.5 Å². The molecule has 8 nitrogen and oxygen atoms in total. The van der Waals surface area contributed by atoms with E-state index in [9.17, 15) is 23.1 Å². The Morgan fingerprint density at radius 1 is 1.20 bits per heavy atom.